The number of carbonyl (C=O) groups is 1. The normalized spacial score (nSPS) is 24.1. The van der Waals surface area contributed by atoms with Crippen molar-refractivity contribution in [2.45, 2.75) is 57.9 Å². The van der Waals surface area contributed by atoms with E-state index in [1.54, 1.807) is 14.1 Å². The molecular formula is C18H36N4O3S. The minimum atomic E-state index is -3.36. The molecule has 2 aliphatic heterocycles. The molecule has 8 heteroatoms. The molecule has 0 unspecified atom stereocenters. The fourth-order valence-electron chi connectivity index (χ4n) is 4.03. The molecule has 7 nitrogen and oxygen atoms in total. The number of likely N-dealkylation sites (tertiary alicyclic amines) is 1. The molecule has 26 heavy (non-hydrogen) atoms. The summed E-state index contributed by atoms with van der Waals surface area (Å²) in [5.41, 5.74) is 0. The quantitative estimate of drug-likeness (QED) is 0.636. The Balaban J connectivity index is 1.66. The molecule has 152 valence electrons. The Hall–Kier alpha value is -0.700. The maximum Gasteiger partial charge on any atom is 0.281 e. The molecule has 0 bridgehead atoms. The van der Waals surface area contributed by atoms with Gasteiger partial charge in [0.25, 0.3) is 10.2 Å². The first-order chi connectivity index (χ1) is 12.4. The molecule has 0 spiro atoms. The van der Waals surface area contributed by atoms with Gasteiger partial charge in [-0.05, 0) is 45.1 Å². The molecule has 2 fully saturated rings. The molecule has 2 heterocycles. The fourth-order valence-corrected chi connectivity index (χ4v) is 5.17. The maximum atomic E-state index is 12.4. The van der Waals surface area contributed by atoms with Gasteiger partial charge in [0.15, 0.2) is 0 Å². The van der Waals surface area contributed by atoms with Crippen molar-refractivity contribution in [2.75, 3.05) is 46.8 Å². The molecule has 0 aromatic heterocycles. The maximum absolute atomic E-state index is 12.4. The van der Waals surface area contributed by atoms with Crippen LogP contribution >= 0.6 is 0 Å². The highest BCUT2D eigenvalue weighted by Crippen LogP contribution is 2.21. The molecule has 0 aliphatic carbocycles. The smallest absolute Gasteiger partial charge is 0.281 e. The Kier molecular flexibility index (Phi) is 8.32. The van der Waals surface area contributed by atoms with Gasteiger partial charge in [-0.15, -0.1) is 0 Å². The van der Waals surface area contributed by atoms with Gasteiger partial charge in [0.1, 0.15) is 0 Å². The lowest BCUT2D eigenvalue weighted by Crippen LogP contribution is -2.47. The highest BCUT2D eigenvalue weighted by atomic mass is 32.2. The third kappa shape index (κ3) is 5.65. The molecule has 1 N–H and O–H groups in total. The zero-order valence-electron chi connectivity index (χ0n) is 16.6. The third-order valence-corrected chi connectivity index (χ3v) is 7.69. The van der Waals surface area contributed by atoms with E-state index >= 15 is 0 Å². The number of rotatable bonds is 8. The van der Waals surface area contributed by atoms with Crippen LogP contribution in [0.1, 0.15) is 51.9 Å². The number of hydrogen-bond donors (Lipinski definition) is 1. The first-order valence-electron chi connectivity index (χ1n) is 10.1. The molecular weight excluding hydrogens is 352 g/mol. The van der Waals surface area contributed by atoms with E-state index in [1.165, 1.54) is 40.8 Å². The lowest BCUT2D eigenvalue weighted by molar-refractivity contribution is -0.126. The Labute approximate surface area is 159 Å². The minimum Gasteiger partial charge on any atom is -0.356 e. The number of nitrogens with one attached hydrogen (secondary N) is 1. The van der Waals surface area contributed by atoms with E-state index in [0.717, 1.165) is 13.0 Å². The molecule has 0 aromatic carbocycles. The van der Waals surface area contributed by atoms with Gasteiger partial charge in [0, 0.05) is 52.2 Å². The van der Waals surface area contributed by atoms with Gasteiger partial charge in [-0.1, -0.05) is 13.3 Å². The van der Waals surface area contributed by atoms with E-state index < -0.39 is 10.2 Å². The second kappa shape index (κ2) is 10.0. The van der Waals surface area contributed by atoms with Crippen LogP contribution in [0.4, 0.5) is 0 Å². The van der Waals surface area contributed by atoms with Crippen molar-refractivity contribution in [3.8, 4) is 0 Å². The lowest BCUT2D eigenvalue weighted by atomic mass is 9.97. The van der Waals surface area contributed by atoms with Crippen LogP contribution in [-0.4, -0.2) is 80.7 Å². The third-order valence-electron chi connectivity index (χ3n) is 5.75. The van der Waals surface area contributed by atoms with E-state index in [-0.39, 0.29) is 11.8 Å². The summed E-state index contributed by atoms with van der Waals surface area (Å²) in [4.78, 5) is 14.9. The summed E-state index contributed by atoms with van der Waals surface area (Å²) < 4.78 is 26.9. The number of carbonyl (C=O) groups excluding carboxylic acids is 1. The molecule has 0 saturated carbocycles. The van der Waals surface area contributed by atoms with Gasteiger partial charge in [-0.25, -0.2) is 0 Å². The van der Waals surface area contributed by atoms with Crippen molar-refractivity contribution in [1.29, 1.82) is 0 Å². The Morgan fingerprint density at radius 1 is 1.12 bits per heavy atom. The van der Waals surface area contributed by atoms with Crippen LogP contribution in [0.2, 0.25) is 0 Å². The molecule has 2 aliphatic rings. The zero-order valence-corrected chi connectivity index (χ0v) is 17.4. The van der Waals surface area contributed by atoms with Crippen LogP contribution in [0.15, 0.2) is 0 Å². The van der Waals surface area contributed by atoms with Crippen molar-refractivity contribution in [2.24, 2.45) is 5.92 Å². The van der Waals surface area contributed by atoms with Gasteiger partial charge in [0.2, 0.25) is 5.91 Å². The van der Waals surface area contributed by atoms with Gasteiger partial charge < -0.3 is 10.2 Å². The van der Waals surface area contributed by atoms with E-state index in [2.05, 4.69) is 17.1 Å². The van der Waals surface area contributed by atoms with Crippen LogP contribution in [-0.2, 0) is 15.0 Å². The van der Waals surface area contributed by atoms with E-state index in [4.69, 9.17) is 0 Å². The summed E-state index contributed by atoms with van der Waals surface area (Å²) in [6, 6.07) is 0.711. The van der Waals surface area contributed by atoms with Crippen LogP contribution in [0.25, 0.3) is 0 Å². The van der Waals surface area contributed by atoms with Crippen molar-refractivity contribution in [3.63, 3.8) is 0 Å². The largest absolute Gasteiger partial charge is 0.356 e. The standard InChI is InChI=1S/C18H36N4O3S/c1-4-17-8-5-6-12-21(17)13-7-11-19-18(23)16-9-14-22(15-10-16)26(24,25)20(2)3/h16-17H,4-15H2,1-3H3,(H,19,23)/t17-/m0/s1. The number of hydrogen-bond acceptors (Lipinski definition) is 4. The van der Waals surface area contributed by atoms with Crippen LogP contribution in [0.5, 0.6) is 0 Å². The van der Waals surface area contributed by atoms with Crippen molar-refractivity contribution in [3.05, 3.63) is 0 Å². The average Bonchev–Trinajstić information content (AvgIpc) is 2.65. The molecule has 2 saturated heterocycles. The Morgan fingerprint density at radius 3 is 2.42 bits per heavy atom. The van der Waals surface area contributed by atoms with Gasteiger partial charge in [0.05, 0.1) is 0 Å². The van der Waals surface area contributed by atoms with Gasteiger partial charge >= 0.3 is 0 Å². The van der Waals surface area contributed by atoms with Gasteiger partial charge in [-0.3, -0.25) is 4.79 Å². The molecule has 2 rings (SSSR count). The lowest BCUT2D eigenvalue weighted by Gasteiger charge is -2.35. The summed E-state index contributed by atoms with van der Waals surface area (Å²) in [6.07, 6.45) is 7.32. The average molecular weight is 389 g/mol. The number of amides is 1. The fraction of sp³-hybridized carbons (Fsp3) is 0.944. The van der Waals surface area contributed by atoms with Crippen LogP contribution in [0, 0.1) is 5.92 Å². The summed E-state index contributed by atoms with van der Waals surface area (Å²) in [6.45, 7) is 6.05. The number of piperidine rings is 2. The van der Waals surface area contributed by atoms with Crippen LogP contribution < -0.4 is 5.32 Å². The zero-order chi connectivity index (χ0) is 19.2. The van der Waals surface area contributed by atoms with Crippen molar-refractivity contribution >= 4 is 16.1 Å². The van der Waals surface area contributed by atoms with E-state index in [9.17, 15) is 13.2 Å². The predicted octanol–water partition coefficient (Wildman–Crippen LogP) is 1.28. The highest BCUT2D eigenvalue weighted by Gasteiger charge is 2.32. The molecule has 1 amide bonds. The number of nitrogens with zero attached hydrogens (tertiary/aromatic N) is 3. The van der Waals surface area contributed by atoms with Gasteiger partial charge in [-0.2, -0.15) is 17.0 Å². The summed E-state index contributed by atoms with van der Waals surface area (Å²) in [5, 5.41) is 3.06. The molecule has 1 atom stereocenters. The second-order valence-electron chi connectivity index (χ2n) is 7.70. The Morgan fingerprint density at radius 2 is 1.81 bits per heavy atom. The van der Waals surface area contributed by atoms with E-state index in [1.807, 2.05) is 0 Å². The second-order valence-corrected chi connectivity index (χ2v) is 9.84. The first-order valence-corrected chi connectivity index (χ1v) is 11.4. The Bertz CT molecular complexity index is 545. The molecule has 0 radical (unpaired) electrons. The SMILES string of the molecule is CC[C@H]1CCCCN1CCCNC(=O)C1CCN(S(=O)(=O)N(C)C)CC1. The summed E-state index contributed by atoms with van der Waals surface area (Å²) in [7, 11) is -0.278. The molecule has 0 aromatic rings. The first kappa shape index (κ1) is 21.6. The van der Waals surface area contributed by atoms with E-state index in [0.29, 0.717) is 38.5 Å². The highest BCUT2D eigenvalue weighted by molar-refractivity contribution is 7.86. The monoisotopic (exact) mass is 388 g/mol. The van der Waals surface area contributed by atoms with Crippen LogP contribution in [0.3, 0.4) is 0 Å². The van der Waals surface area contributed by atoms with Crippen molar-refractivity contribution in [1.82, 2.24) is 18.8 Å². The predicted molar refractivity (Wildman–Crippen MR) is 104 cm³/mol. The minimum absolute atomic E-state index is 0.0676. The summed E-state index contributed by atoms with van der Waals surface area (Å²) >= 11 is 0. The van der Waals surface area contributed by atoms with Crippen molar-refractivity contribution < 1.29 is 13.2 Å². The summed E-state index contributed by atoms with van der Waals surface area (Å²) in [5.74, 6) is 0.0135. The topological polar surface area (TPSA) is 73.0 Å².